The molecule has 218 valence electrons. The van der Waals surface area contributed by atoms with Crippen LogP contribution in [0.1, 0.15) is 48.1 Å². The van der Waals surface area contributed by atoms with Crippen molar-refractivity contribution in [3.63, 3.8) is 0 Å². The van der Waals surface area contributed by atoms with Gasteiger partial charge in [-0.05, 0) is 69.2 Å². The Balaban J connectivity index is 1.18. The van der Waals surface area contributed by atoms with Crippen molar-refractivity contribution in [2.75, 3.05) is 49.6 Å². The number of amides is 1. The smallest absolute Gasteiger partial charge is 0.318 e. The number of hydrogen-bond donors (Lipinski definition) is 0. The summed E-state index contributed by atoms with van der Waals surface area (Å²) in [5.41, 5.74) is 6.31. The van der Waals surface area contributed by atoms with Crippen LogP contribution in [0, 0.1) is 0 Å². The summed E-state index contributed by atoms with van der Waals surface area (Å²) in [5.74, 6) is -0.660. The van der Waals surface area contributed by atoms with Gasteiger partial charge in [0.15, 0.2) is 5.83 Å². The van der Waals surface area contributed by atoms with Crippen molar-refractivity contribution in [3.8, 4) is 6.01 Å². The predicted molar refractivity (Wildman–Crippen MR) is 153 cm³/mol. The third-order valence-corrected chi connectivity index (χ3v) is 9.84. The van der Waals surface area contributed by atoms with Crippen LogP contribution in [0.5, 0.6) is 6.01 Å². The lowest BCUT2D eigenvalue weighted by molar-refractivity contribution is -0.130. The van der Waals surface area contributed by atoms with Gasteiger partial charge in [-0.25, -0.2) is 8.78 Å². The number of likely N-dealkylation sites (N-methyl/N-ethyl adjacent to an activating group) is 1. The molecule has 1 aliphatic carbocycles. The second-order valence-electron chi connectivity index (χ2n) is 12.3. The first-order chi connectivity index (χ1) is 19.9. The minimum atomic E-state index is -0.908. The summed E-state index contributed by atoms with van der Waals surface area (Å²) < 4.78 is 33.8. The summed E-state index contributed by atoms with van der Waals surface area (Å²) in [6.45, 7) is 6.60. The van der Waals surface area contributed by atoms with Crippen molar-refractivity contribution in [1.82, 2.24) is 19.8 Å². The van der Waals surface area contributed by atoms with Gasteiger partial charge in [-0.1, -0.05) is 18.7 Å². The zero-order valence-corrected chi connectivity index (χ0v) is 23.7. The Morgan fingerprint density at radius 2 is 1.95 bits per heavy atom. The molecule has 4 aliphatic heterocycles. The number of rotatable bonds is 6. The molecule has 0 radical (unpaired) electrons. The molecule has 3 fully saturated rings. The van der Waals surface area contributed by atoms with Gasteiger partial charge in [0.2, 0.25) is 0 Å². The molecule has 4 atom stereocenters. The number of alkyl halides is 1. The molecule has 3 saturated heterocycles. The van der Waals surface area contributed by atoms with E-state index >= 15 is 0 Å². The first-order valence-corrected chi connectivity index (χ1v) is 15.0. The summed E-state index contributed by atoms with van der Waals surface area (Å²) in [4.78, 5) is 30.5. The molecule has 2 aromatic rings. The van der Waals surface area contributed by atoms with Gasteiger partial charge in [-0.15, -0.1) is 0 Å². The largest absolute Gasteiger partial charge is 0.462 e. The zero-order valence-electron chi connectivity index (χ0n) is 23.7. The van der Waals surface area contributed by atoms with Crippen molar-refractivity contribution < 1.29 is 18.3 Å². The van der Waals surface area contributed by atoms with Gasteiger partial charge in [0.25, 0.3) is 5.91 Å². The number of aromatic nitrogens is 2. The summed E-state index contributed by atoms with van der Waals surface area (Å²) in [7, 11) is 1.92. The van der Waals surface area contributed by atoms with Gasteiger partial charge in [-0.2, -0.15) is 9.97 Å². The Morgan fingerprint density at radius 1 is 1.10 bits per heavy atom. The average molecular weight is 565 g/mol. The molecule has 1 aromatic heterocycles. The van der Waals surface area contributed by atoms with Crippen LogP contribution < -0.4 is 14.5 Å². The van der Waals surface area contributed by atoms with Gasteiger partial charge in [0, 0.05) is 43.5 Å². The SMILES string of the molecule is C=C(F)C(=O)N1CC[C@@H]2[C@H]1CN2c1nc(OC[C@@H]2C[C@@H](F)CN2C)nc2c1CCN(c1cccc3c1CCCC3)C2. The minimum absolute atomic E-state index is 0.0167. The van der Waals surface area contributed by atoms with Crippen LogP contribution in [-0.4, -0.2) is 89.8 Å². The highest BCUT2D eigenvalue weighted by molar-refractivity contribution is 5.91. The van der Waals surface area contributed by atoms with Crippen LogP contribution in [0.25, 0.3) is 0 Å². The fourth-order valence-electron chi connectivity index (χ4n) is 7.60. The molecular weight excluding hydrogens is 526 g/mol. The highest BCUT2D eigenvalue weighted by Crippen LogP contribution is 2.41. The highest BCUT2D eigenvalue weighted by Gasteiger charge is 2.50. The van der Waals surface area contributed by atoms with Gasteiger partial charge in [0.1, 0.15) is 18.6 Å². The Hall–Kier alpha value is -3.27. The quantitative estimate of drug-likeness (QED) is 0.497. The number of hydrogen-bond acceptors (Lipinski definition) is 7. The van der Waals surface area contributed by atoms with E-state index in [1.54, 1.807) is 4.90 Å². The van der Waals surface area contributed by atoms with Gasteiger partial charge in [-0.3, -0.25) is 9.69 Å². The fourth-order valence-corrected chi connectivity index (χ4v) is 7.60. The predicted octanol–water partition coefficient (Wildman–Crippen LogP) is 3.61. The Labute approximate surface area is 240 Å². The molecule has 5 aliphatic rings. The van der Waals surface area contributed by atoms with Crippen LogP contribution in [0.4, 0.5) is 20.3 Å². The number of anilines is 2. The molecule has 41 heavy (non-hydrogen) atoms. The van der Waals surface area contributed by atoms with E-state index in [0.29, 0.717) is 45.2 Å². The van der Waals surface area contributed by atoms with Crippen molar-refractivity contribution in [3.05, 3.63) is 53.0 Å². The molecule has 0 spiro atoms. The first-order valence-electron chi connectivity index (χ1n) is 15.0. The number of ether oxygens (including phenoxy) is 1. The Kier molecular flexibility index (Phi) is 6.84. The average Bonchev–Trinajstić information content (AvgIpc) is 3.47. The molecule has 1 aromatic carbocycles. The number of carbonyl (C=O) groups is 1. The third-order valence-electron chi connectivity index (χ3n) is 9.84. The minimum Gasteiger partial charge on any atom is -0.462 e. The molecule has 5 heterocycles. The van der Waals surface area contributed by atoms with Gasteiger partial charge >= 0.3 is 6.01 Å². The van der Waals surface area contributed by atoms with E-state index < -0.39 is 17.9 Å². The number of fused-ring (bicyclic) bond motifs is 3. The molecule has 0 saturated carbocycles. The first kappa shape index (κ1) is 26.6. The summed E-state index contributed by atoms with van der Waals surface area (Å²) >= 11 is 0. The van der Waals surface area contributed by atoms with E-state index in [1.807, 2.05) is 11.9 Å². The molecule has 1 amide bonds. The van der Waals surface area contributed by atoms with Crippen LogP contribution in [-0.2, 0) is 30.6 Å². The zero-order chi connectivity index (χ0) is 28.2. The van der Waals surface area contributed by atoms with Crippen molar-refractivity contribution in [1.29, 1.82) is 0 Å². The maximum Gasteiger partial charge on any atom is 0.318 e. The number of nitrogens with zero attached hydrogens (tertiary/aromatic N) is 6. The van der Waals surface area contributed by atoms with Crippen LogP contribution in [0.2, 0.25) is 0 Å². The number of halogens is 2. The van der Waals surface area contributed by atoms with Crippen molar-refractivity contribution >= 4 is 17.4 Å². The normalized spacial score (nSPS) is 27.2. The van der Waals surface area contributed by atoms with E-state index in [0.717, 1.165) is 49.3 Å². The molecule has 10 heteroatoms. The fraction of sp³-hybridized carbons (Fsp3) is 0.581. The van der Waals surface area contributed by atoms with Crippen LogP contribution in [0.15, 0.2) is 30.6 Å². The highest BCUT2D eigenvalue weighted by atomic mass is 19.1. The Bertz CT molecular complexity index is 1370. The maximum atomic E-state index is 14.0. The molecule has 8 nitrogen and oxygen atoms in total. The number of likely N-dealkylation sites (tertiary alicyclic amines) is 2. The monoisotopic (exact) mass is 564 g/mol. The summed E-state index contributed by atoms with van der Waals surface area (Å²) in [5, 5.41) is 0. The lowest BCUT2D eigenvalue weighted by Crippen LogP contribution is -2.63. The topological polar surface area (TPSA) is 65.0 Å². The van der Waals surface area contributed by atoms with Crippen molar-refractivity contribution in [2.45, 2.75) is 75.8 Å². The van der Waals surface area contributed by atoms with Gasteiger partial charge < -0.3 is 19.4 Å². The van der Waals surface area contributed by atoms with E-state index in [-0.39, 0.29) is 18.1 Å². The van der Waals surface area contributed by atoms with Crippen molar-refractivity contribution in [2.24, 2.45) is 0 Å². The molecular formula is C31H38F2N6O2. The van der Waals surface area contributed by atoms with Gasteiger partial charge in [0.05, 0.1) is 24.3 Å². The van der Waals surface area contributed by atoms with Crippen LogP contribution >= 0.6 is 0 Å². The molecule has 7 rings (SSSR count). The second kappa shape index (κ2) is 10.5. The van der Waals surface area contributed by atoms with E-state index in [4.69, 9.17) is 14.7 Å². The van der Waals surface area contributed by atoms with Crippen LogP contribution in [0.3, 0.4) is 0 Å². The number of aryl methyl sites for hydroxylation is 1. The lowest BCUT2D eigenvalue weighted by Gasteiger charge is -2.48. The maximum absolute atomic E-state index is 14.0. The Morgan fingerprint density at radius 3 is 2.76 bits per heavy atom. The number of carbonyl (C=O) groups excluding carboxylic acids is 1. The molecule has 0 unspecified atom stereocenters. The summed E-state index contributed by atoms with van der Waals surface area (Å²) in [6, 6.07) is 7.01. The van der Waals surface area contributed by atoms with E-state index in [1.165, 1.54) is 29.7 Å². The molecule has 0 bridgehead atoms. The standard InChI is InChI=1S/C31H38F2N6O2/c1-19(32)30(40)38-13-11-27-28(38)17-39(27)29-24-10-12-37(26-9-5-7-20-6-3-4-8-23(20)26)16-25(24)34-31(35-29)41-18-22-14-21(33)15-36(22)2/h5,7,9,21-22,27-28H,1,3-4,6,8,10-18H2,2H3/t21-,22+,27-,28-/m1/s1. The molecule has 0 N–H and O–H groups in total. The number of benzene rings is 1. The van der Waals surface area contributed by atoms with E-state index in [2.05, 4.69) is 34.6 Å². The lowest BCUT2D eigenvalue weighted by atomic mass is 9.89. The second-order valence-corrected chi connectivity index (χ2v) is 12.3. The van der Waals surface area contributed by atoms with E-state index in [9.17, 15) is 13.6 Å². The summed E-state index contributed by atoms with van der Waals surface area (Å²) in [6.07, 6.45) is 5.89. The third kappa shape index (κ3) is 4.73.